The zero-order valence-electron chi connectivity index (χ0n) is 26.5. The predicted octanol–water partition coefficient (Wildman–Crippen LogP) is 10.8. The highest BCUT2D eigenvalue weighted by Crippen LogP contribution is 2.68. The van der Waals surface area contributed by atoms with E-state index in [9.17, 15) is 0 Å². The van der Waals surface area contributed by atoms with Crippen molar-refractivity contribution in [3.63, 3.8) is 0 Å². The number of benzene rings is 6. The quantitative estimate of drug-likeness (QED) is 0.188. The van der Waals surface area contributed by atoms with Crippen LogP contribution in [0.3, 0.4) is 0 Å². The number of aromatic nitrogens is 3. The van der Waals surface area contributed by atoms with Crippen molar-refractivity contribution in [2.45, 2.75) is 10.3 Å². The number of allylic oxidation sites excluding steroid dienone is 1. The summed E-state index contributed by atoms with van der Waals surface area (Å²) in [6.07, 6.45) is 0. The van der Waals surface area contributed by atoms with Gasteiger partial charge in [0.05, 0.1) is 9.80 Å². The largest absolute Gasteiger partial charge is 0.459 e. The van der Waals surface area contributed by atoms with Crippen molar-refractivity contribution in [2.24, 2.45) is 0 Å². The molecular formula is C44H25N3O2S. The van der Waals surface area contributed by atoms with Crippen LogP contribution in [-0.2, 0) is 5.41 Å². The molecule has 1 aliphatic heterocycles. The summed E-state index contributed by atoms with van der Waals surface area (Å²) in [5.41, 5.74) is 8.32. The lowest BCUT2D eigenvalue weighted by atomic mass is 9.76. The van der Waals surface area contributed by atoms with E-state index in [1.807, 2.05) is 72.8 Å². The van der Waals surface area contributed by atoms with Crippen LogP contribution in [0.2, 0.25) is 0 Å². The number of ether oxygens (including phenoxy) is 1. The highest BCUT2D eigenvalue weighted by Gasteiger charge is 2.59. The second-order valence-corrected chi connectivity index (χ2v) is 13.7. The van der Waals surface area contributed by atoms with E-state index in [0.29, 0.717) is 17.5 Å². The summed E-state index contributed by atoms with van der Waals surface area (Å²) in [7, 11) is 0. The molecule has 1 atom stereocenters. The third-order valence-corrected chi connectivity index (χ3v) is 11.1. The van der Waals surface area contributed by atoms with E-state index < -0.39 is 5.41 Å². The van der Waals surface area contributed by atoms with E-state index in [2.05, 4.69) is 78.9 Å². The van der Waals surface area contributed by atoms with Gasteiger partial charge in [-0.3, -0.25) is 0 Å². The molecule has 6 heteroatoms. The van der Waals surface area contributed by atoms with Crippen LogP contribution in [0.1, 0.15) is 22.5 Å². The van der Waals surface area contributed by atoms with E-state index in [-0.39, 0.29) is 0 Å². The van der Waals surface area contributed by atoms with Gasteiger partial charge in [0.1, 0.15) is 28.3 Å². The first kappa shape index (κ1) is 27.7. The van der Waals surface area contributed by atoms with Crippen LogP contribution < -0.4 is 4.74 Å². The maximum absolute atomic E-state index is 7.05. The van der Waals surface area contributed by atoms with Gasteiger partial charge in [0, 0.05) is 27.6 Å². The van der Waals surface area contributed by atoms with Crippen molar-refractivity contribution in [1.29, 1.82) is 0 Å². The summed E-state index contributed by atoms with van der Waals surface area (Å²) in [5.74, 6) is 4.49. The van der Waals surface area contributed by atoms with Crippen LogP contribution in [0, 0.1) is 0 Å². The van der Waals surface area contributed by atoms with Gasteiger partial charge in [0.2, 0.25) is 0 Å². The van der Waals surface area contributed by atoms with Crippen LogP contribution in [0.15, 0.2) is 167 Å². The van der Waals surface area contributed by atoms with Crippen molar-refractivity contribution in [3.8, 4) is 51.0 Å². The predicted molar refractivity (Wildman–Crippen MR) is 198 cm³/mol. The number of para-hydroxylation sites is 2. The van der Waals surface area contributed by atoms with Gasteiger partial charge in [-0.15, -0.1) is 0 Å². The second kappa shape index (κ2) is 10.4. The van der Waals surface area contributed by atoms with Gasteiger partial charge in [0.15, 0.2) is 17.5 Å². The molecular weight excluding hydrogens is 635 g/mol. The van der Waals surface area contributed by atoms with Crippen molar-refractivity contribution < 1.29 is 9.15 Å². The van der Waals surface area contributed by atoms with E-state index >= 15 is 0 Å². The minimum Gasteiger partial charge on any atom is -0.459 e. The molecule has 3 heterocycles. The lowest BCUT2D eigenvalue weighted by molar-refractivity contribution is 0.343. The topological polar surface area (TPSA) is 61.0 Å². The molecule has 2 aromatic heterocycles. The molecule has 0 saturated carbocycles. The zero-order valence-corrected chi connectivity index (χ0v) is 27.3. The standard InChI is InChI=1S/C44H25N3O2S/c1-3-14-26(15-4-1)41-45-42(27-16-5-2-6-17-27)47-43(46-41)30-20-13-22-32-36(30)28-18-7-9-21-31(28)44(32)39-37(29-19-8-10-23-33(29)48-39)38-40(44)49-34-24-11-12-25-35(34)50-38/h1-25H. The first-order valence-electron chi connectivity index (χ1n) is 16.6. The Morgan fingerprint density at radius 2 is 1.12 bits per heavy atom. The summed E-state index contributed by atoms with van der Waals surface area (Å²) in [5, 5.41) is 1.09. The molecule has 3 aliphatic rings. The molecule has 0 amide bonds. The van der Waals surface area contributed by atoms with E-state index in [0.717, 1.165) is 82.5 Å². The van der Waals surface area contributed by atoms with E-state index in [1.54, 1.807) is 11.8 Å². The molecule has 1 spiro atoms. The summed E-state index contributed by atoms with van der Waals surface area (Å²) in [6, 6.07) is 51.9. The maximum Gasteiger partial charge on any atom is 0.164 e. The fraction of sp³-hybridized carbons (Fsp3) is 0.0227. The zero-order chi connectivity index (χ0) is 32.8. The highest BCUT2D eigenvalue weighted by molar-refractivity contribution is 8.08. The Bertz CT molecular complexity index is 2660. The Hall–Kier alpha value is -6.24. The fourth-order valence-electron chi connectivity index (χ4n) is 7.91. The van der Waals surface area contributed by atoms with Crippen molar-refractivity contribution in [3.05, 3.63) is 180 Å². The van der Waals surface area contributed by atoms with Crippen LogP contribution in [0.25, 0.3) is 61.2 Å². The number of furan rings is 1. The average Bonchev–Trinajstić information content (AvgIpc) is 3.81. The molecule has 11 rings (SSSR count). The van der Waals surface area contributed by atoms with Gasteiger partial charge in [-0.1, -0.05) is 145 Å². The number of nitrogens with zero attached hydrogens (tertiary/aromatic N) is 3. The van der Waals surface area contributed by atoms with E-state index in [1.165, 1.54) is 0 Å². The Morgan fingerprint density at radius 3 is 1.92 bits per heavy atom. The lowest BCUT2D eigenvalue weighted by Gasteiger charge is -2.31. The summed E-state index contributed by atoms with van der Waals surface area (Å²) in [6.45, 7) is 0. The van der Waals surface area contributed by atoms with Gasteiger partial charge in [0.25, 0.3) is 0 Å². The molecule has 6 aromatic carbocycles. The molecule has 50 heavy (non-hydrogen) atoms. The van der Waals surface area contributed by atoms with Gasteiger partial charge in [-0.25, -0.2) is 15.0 Å². The SMILES string of the molecule is c1ccc(-c2nc(-c3ccccc3)nc(-c3cccc4c3-c3ccccc3C43C4=C(Sc5ccccc5O4)c4c3oc3ccccc43)n2)cc1. The first-order chi connectivity index (χ1) is 24.8. The highest BCUT2D eigenvalue weighted by atomic mass is 32.2. The number of rotatable bonds is 3. The molecule has 0 radical (unpaired) electrons. The molecule has 0 bridgehead atoms. The Morgan fingerprint density at radius 1 is 0.500 bits per heavy atom. The molecule has 234 valence electrons. The summed E-state index contributed by atoms with van der Waals surface area (Å²) >= 11 is 1.76. The minimum absolute atomic E-state index is 0.614. The molecule has 0 saturated heterocycles. The Kier molecular flexibility index (Phi) is 5.75. The minimum atomic E-state index is -0.816. The smallest absolute Gasteiger partial charge is 0.164 e. The normalized spacial score (nSPS) is 16.5. The lowest BCUT2D eigenvalue weighted by Crippen LogP contribution is -2.30. The molecule has 2 aliphatic carbocycles. The Balaban J connectivity index is 1.22. The van der Waals surface area contributed by atoms with Crippen LogP contribution >= 0.6 is 11.8 Å². The van der Waals surface area contributed by atoms with E-state index in [4.69, 9.17) is 24.1 Å². The van der Waals surface area contributed by atoms with Crippen LogP contribution in [0.4, 0.5) is 0 Å². The van der Waals surface area contributed by atoms with Gasteiger partial charge in [-0.05, 0) is 40.5 Å². The third-order valence-electron chi connectivity index (χ3n) is 9.99. The van der Waals surface area contributed by atoms with Gasteiger partial charge in [-0.2, -0.15) is 0 Å². The number of hydrogen-bond acceptors (Lipinski definition) is 6. The summed E-state index contributed by atoms with van der Waals surface area (Å²) in [4.78, 5) is 17.5. The second-order valence-electron chi connectivity index (χ2n) is 12.7. The molecule has 1 unspecified atom stereocenters. The van der Waals surface area contributed by atoms with Crippen molar-refractivity contribution >= 4 is 27.6 Å². The van der Waals surface area contributed by atoms with Crippen molar-refractivity contribution in [1.82, 2.24) is 15.0 Å². The fourth-order valence-corrected chi connectivity index (χ4v) is 9.08. The number of fused-ring (bicyclic) bond motifs is 12. The van der Waals surface area contributed by atoms with Crippen LogP contribution in [0.5, 0.6) is 5.75 Å². The number of thioether (sulfide) groups is 1. The summed E-state index contributed by atoms with van der Waals surface area (Å²) < 4.78 is 14.0. The first-order valence-corrected chi connectivity index (χ1v) is 17.4. The molecule has 0 fully saturated rings. The third kappa shape index (κ3) is 3.71. The van der Waals surface area contributed by atoms with Crippen molar-refractivity contribution in [2.75, 3.05) is 0 Å². The molecule has 5 nitrogen and oxygen atoms in total. The maximum atomic E-state index is 7.05. The van der Waals surface area contributed by atoms with Gasteiger partial charge < -0.3 is 9.15 Å². The number of hydrogen-bond donors (Lipinski definition) is 0. The molecule has 8 aromatic rings. The Labute approximate surface area is 292 Å². The average molecular weight is 660 g/mol. The monoisotopic (exact) mass is 659 g/mol. The van der Waals surface area contributed by atoms with Gasteiger partial charge >= 0.3 is 0 Å². The molecule has 0 N–H and O–H groups in total. The van der Waals surface area contributed by atoms with Crippen LogP contribution in [-0.4, -0.2) is 15.0 Å².